The first kappa shape index (κ1) is 16.7. The summed E-state index contributed by atoms with van der Waals surface area (Å²) in [5.74, 6) is -0.915. The zero-order valence-corrected chi connectivity index (χ0v) is 12.3. The molecule has 1 aromatic rings. The number of rotatable bonds is 6. The molecule has 0 unspecified atom stereocenters. The van der Waals surface area contributed by atoms with Crippen LogP contribution in [0.5, 0.6) is 5.75 Å². The van der Waals surface area contributed by atoms with Crippen molar-refractivity contribution in [3.63, 3.8) is 0 Å². The number of nitrogens with one attached hydrogen (secondary N) is 1. The van der Waals surface area contributed by atoms with Gasteiger partial charge in [-0.25, -0.2) is 4.39 Å². The topological polar surface area (TPSA) is 96.9 Å². The van der Waals surface area contributed by atoms with E-state index < -0.39 is 17.1 Å². The summed E-state index contributed by atoms with van der Waals surface area (Å²) in [5, 5.41) is 14.3. The van der Waals surface area contributed by atoms with Crippen molar-refractivity contribution in [2.45, 2.75) is 26.7 Å². The molecule has 1 amide bonds. The number of methoxy groups -OCH3 is 1. The molecule has 7 heteroatoms. The van der Waals surface area contributed by atoms with E-state index in [4.69, 9.17) is 15.7 Å². The Bertz CT molecular complexity index is 542. The summed E-state index contributed by atoms with van der Waals surface area (Å²) in [6.07, 6.45) is 0.633. The number of anilines is 1. The van der Waals surface area contributed by atoms with E-state index >= 15 is 0 Å². The number of hydrogen-bond acceptors (Lipinski definition) is 4. The maximum absolute atomic E-state index is 13.8. The predicted octanol–water partition coefficient (Wildman–Crippen LogP) is 2.33. The van der Waals surface area contributed by atoms with Crippen LogP contribution in [0.15, 0.2) is 23.4 Å². The van der Waals surface area contributed by atoms with Crippen molar-refractivity contribution < 1.29 is 19.1 Å². The zero-order valence-electron chi connectivity index (χ0n) is 12.3. The van der Waals surface area contributed by atoms with Crippen LogP contribution in [0.3, 0.4) is 0 Å². The Hall–Kier alpha value is -2.31. The summed E-state index contributed by atoms with van der Waals surface area (Å²) in [4.78, 5) is 12.5. The molecule has 0 fully saturated rings. The van der Waals surface area contributed by atoms with Gasteiger partial charge in [0.05, 0.1) is 12.8 Å². The molecule has 0 saturated carbocycles. The first-order valence-corrected chi connectivity index (χ1v) is 6.58. The average Bonchev–Trinajstić information content (AvgIpc) is 2.50. The number of nitrogens with zero attached hydrogens (tertiary/aromatic N) is 1. The van der Waals surface area contributed by atoms with E-state index in [0.717, 1.165) is 0 Å². The van der Waals surface area contributed by atoms with Gasteiger partial charge in [-0.15, -0.1) is 0 Å². The minimum atomic E-state index is -1.19. The number of benzene rings is 1. The molecular formula is C14H20FN3O3. The average molecular weight is 297 g/mol. The molecular weight excluding hydrogens is 277 g/mol. The van der Waals surface area contributed by atoms with Crippen molar-refractivity contribution in [1.29, 1.82) is 0 Å². The molecule has 6 nitrogen and oxygen atoms in total. The molecule has 0 aliphatic rings. The van der Waals surface area contributed by atoms with Crippen LogP contribution in [0.25, 0.3) is 0 Å². The van der Waals surface area contributed by atoms with Crippen LogP contribution in [-0.4, -0.2) is 24.1 Å². The number of carbonyl (C=O) groups is 1. The Morgan fingerprint density at radius 3 is 2.57 bits per heavy atom. The van der Waals surface area contributed by atoms with Gasteiger partial charge in [-0.05, 0) is 25.0 Å². The third-order valence-electron chi connectivity index (χ3n) is 3.66. The molecule has 4 N–H and O–H groups in total. The maximum Gasteiger partial charge on any atom is 0.238 e. The smallest absolute Gasteiger partial charge is 0.238 e. The summed E-state index contributed by atoms with van der Waals surface area (Å²) in [6.45, 7) is 3.48. The van der Waals surface area contributed by atoms with Crippen molar-refractivity contribution in [1.82, 2.24) is 0 Å². The van der Waals surface area contributed by atoms with Crippen molar-refractivity contribution >= 4 is 17.4 Å². The predicted molar refractivity (Wildman–Crippen MR) is 78.0 cm³/mol. The van der Waals surface area contributed by atoms with Gasteiger partial charge in [0.1, 0.15) is 17.0 Å². The molecule has 21 heavy (non-hydrogen) atoms. The Morgan fingerprint density at radius 1 is 1.48 bits per heavy atom. The Morgan fingerprint density at radius 2 is 2.10 bits per heavy atom. The van der Waals surface area contributed by atoms with Gasteiger partial charge in [0.15, 0.2) is 5.84 Å². The van der Waals surface area contributed by atoms with E-state index in [1.165, 1.54) is 25.3 Å². The van der Waals surface area contributed by atoms with Crippen molar-refractivity contribution in [2.24, 2.45) is 16.3 Å². The second-order valence-electron chi connectivity index (χ2n) is 4.57. The summed E-state index contributed by atoms with van der Waals surface area (Å²) >= 11 is 0. The number of halogens is 1. The summed E-state index contributed by atoms with van der Waals surface area (Å²) in [5.41, 5.74) is 4.44. The number of amidine groups is 1. The first-order chi connectivity index (χ1) is 9.94. The summed E-state index contributed by atoms with van der Waals surface area (Å²) < 4.78 is 18.8. The lowest BCUT2D eigenvalue weighted by atomic mass is 9.80. The van der Waals surface area contributed by atoms with Crippen LogP contribution in [-0.2, 0) is 4.79 Å². The summed E-state index contributed by atoms with van der Waals surface area (Å²) in [7, 11) is 1.44. The highest BCUT2D eigenvalue weighted by atomic mass is 19.1. The molecule has 1 rings (SSSR count). The Kier molecular flexibility index (Phi) is 5.52. The van der Waals surface area contributed by atoms with E-state index in [0.29, 0.717) is 18.6 Å². The molecule has 0 bridgehead atoms. The number of ether oxygens (including phenoxy) is 1. The quantitative estimate of drug-likeness (QED) is 0.325. The SMILES string of the molecule is CCC(CC)(C(=O)Nc1cc(OC)ccc1F)/C(N)=N/O. The third-order valence-corrected chi connectivity index (χ3v) is 3.66. The second kappa shape index (κ2) is 6.92. The zero-order chi connectivity index (χ0) is 16.0. The largest absolute Gasteiger partial charge is 0.497 e. The van der Waals surface area contributed by atoms with E-state index in [9.17, 15) is 9.18 Å². The maximum atomic E-state index is 13.8. The van der Waals surface area contributed by atoms with Gasteiger partial charge in [-0.1, -0.05) is 19.0 Å². The number of carbonyl (C=O) groups excluding carboxylic acids is 1. The van der Waals surface area contributed by atoms with E-state index in [1.54, 1.807) is 13.8 Å². The molecule has 1 aromatic carbocycles. The molecule has 0 aliphatic carbocycles. The van der Waals surface area contributed by atoms with Crippen LogP contribution in [0.4, 0.5) is 10.1 Å². The monoisotopic (exact) mass is 297 g/mol. The lowest BCUT2D eigenvalue weighted by molar-refractivity contribution is -0.122. The molecule has 116 valence electrons. The van der Waals surface area contributed by atoms with Crippen LogP contribution in [0, 0.1) is 11.2 Å². The number of hydrogen-bond donors (Lipinski definition) is 3. The number of amides is 1. The van der Waals surface area contributed by atoms with Crippen LogP contribution in [0.2, 0.25) is 0 Å². The van der Waals surface area contributed by atoms with Crippen LogP contribution >= 0.6 is 0 Å². The summed E-state index contributed by atoms with van der Waals surface area (Å²) in [6, 6.07) is 4.01. The minimum Gasteiger partial charge on any atom is -0.497 e. The lowest BCUT2D eigenvalue weighted by Crippen LogP contribution is -2.46. The molecule has 0 saturated heterocycles. The fourth-order valence-electron chi connectivity index (χ4n) is 2.11. The highest BCUT2D eigenvalue weighted by molar-refractivity contribution is 6.11. The van der Waals surface area contributed by atoms with Gasteiger partial charge in [-0.2, -0.15) is 0 Å². The third kappa shape index (κ3) is 3.24. The highest BCUT2D eigenvalue weighted by Crippen LogP contribution is 2.30. The van der Waals surface area contributed by atoms with E-state index in [2.05, 4.69) is 10.5 Å². The van der Waals surface area contributed by atoms with E-state index in [1.807, 2.05) is 0 Å². The van der Waals surface area contributed by atoms with E-state index in [-0.39, 0.29) is 11.5 Å². The van der Waals surface area contributed by atoms with Gasteiger partial charge in [-0.3, -0.25) is 4.79 Å². The van der Waals surface area contributed by atoms with Gasteiger partial charge < -0.3 is 21.0 Å². The van der Waals surface area contributed by atoms with Gasteiger partial charge >= 0.3 is 0 Å². The van der Waals surface area contributed by atoms with Gasteiger partial charge in [0.2, 0.25) is 5.91 Å². The number of oxime groups is 1. The van der Waals surface area contributed by atoms with Gasteiger partial charge in [0.25, 0.3) is 0 Å². The fourth-order valence-corrected chi connectivity index (χ4v) is 2.11. The normalized spacial score (nSPS) is 12.1. The Labute approximate surface area is 122 Å². The molecule has 0 heterocycles. The van der Waals surface area contributed by atoms with Gasteiger partial charge in [0, 0.05) is 6.07 Å². The van der Waals surface area contributed by atoms with Crippen molar-refractivity contribution in [2.75, 3.05) is 12.4 Å². The molecule has 0 spiro atoms. The standard InChI is InChI=1S/C14H20FN3O3/c1-4-14(5-2,12(16)18-20)13(19)17-11-8-9(21-3)6-7-10(11)15/h6-8,20H,4-5H2,1-3H3,(H2,16,18)(H,17,19). The molecule has 0 radical (unpaired) electrons. The van der Waals surface area contributed by atoms with Crippen LogP contribution < -0.4 is 15.8 Å². The van der Waals surface area contributed by atoms with Crippen molar-refractivity contribution in [3.05, 3.63) is 24.0 Å². The highest BCUT2D eigenvalue weighted by Gasteiger charge is 2.40. The van der Waals surface area contributed by atoms with Crippen molar-refractivity contribution in [3.8, 4) is 5.75 Å². The molecule has 0 aliphatic heterocycles. The minimum absolute atomic E-state index is 0.0173. The first-order valence-electron chi connectivity index (χ1n) is 6.58. The molecule has 0 atom stereocenters. The Balaban J connectivity index is 3.13. The lowest BCUT2D eigenvalue weighted by Gasteiger charge is -2.28. The number of nitrogens with two attached hydrogens (primary N) is 1. The van der Waals surface area contributed by atoms with Crippen LogP contribution in [0.1, 0.15) is 26.7 Å². The second-order valence-corrected chi connectivity index (χ2v) is 4.57. The molecule has 0 aromatic heterocycles. The fraction of sp³-hybridized carbons (Fsp3) is 0.429.